The van der Waals surface area contributed by atoms with E-state index in [0.717, 1.165) is 0 Å². The molecular formula is C19H33NO7. The van der Waals surface area contributed by atoms with Crippen LogP contribution in [0.1, 0.15) is 52.9 Å². The Labute approximate surface area is 161 Å². The maximum absolute atomic E-state index is 12.5. The third-order valence-corrected chi connectivity index (χ3v) is 3.89. The van der Waals surface area contributed by atoms with Crippen LogP contribution in [0.25, 0.3) is 0 Å². The molecule has 0 heterocycles. The van der Waals surface area contributed by atoms with E-state index < -0.39 is 30.3 Å². The third-order valence-electron chi connectivity index (χ3n) is 3.89. The Morgan fingerprint density at radius 3 is 2.22 bits per heavy atom. The topological polar surface area (TPSA) is 119 Å². The Morgan fingerprint density at radius 1 is 1.04 bits per heavy atom. The molecule has 2 N–H and O–H groups in total. The minimum atomic E-state index is -1.17. The quantitative estimate of drug-likeness (QED) is 0.386. The maximum Gasteiger partial charge on any atom is 0.305 e. The molecule has 0 radical (unpaired) electrons. The minimum Gasteiger partial charge on any atom is -0.481 e. The molecule has 0 aliphatic carbocycles. The van der Waals surface area contributed by atoms with Gasteiger partial charge in [-0.1, -0.05) is 13.8 Å². The molecule has 0 aromatic heterocycles. The van der Waals surface area contributed by atoms with Crippen molar-refractivity contribution in [3.63, 3.8) is 0 Å². The van der Waals surface area contributed by atoms with Crippen molar-refractivity contribution in [3.05, 3.63) is 0 Å². The van der Waals surface area contributed by atoms with Crippen LogP contribution >= 0.6 is 0 Å². The van der Waals surface area contributed by atoms with Gasteiger partial charge in [-0.15, -0.1) is 0 Å². The highest BCUT2D eigenvalue weighted by Crippen LogP contribution is 2.17. The average Bonchev–Trinajstić information content (AvgIpc) is 2.55. The molecule has 0 spiro atoms. The molecule has 0 saturated carbocycles. The highest BCUT2D eigenvalue weighted by molar-refractivity contribution is 5.93. The van der Waals surface area contributed by atoms with Gasteiger partial charge in [0.25, 0.3) is 0 Å². The number of amides is 1. The Bertz CT molecular complexity index is 490. The summed E-state index contributed by atoms with van der Waals surface area (Å²) in [6, 6.07) is -1.10. The highest BCUT2D eigenvalue weighted by atomic mass is 16.5. The number of hydrogen-bond acceptors (Lipinski definition) is 6. The number of rotatable bonds is 16. The largest absolute Gasteiger partial charge is 0.481 e. The lowest BCUT2D eigenvalue weighted by molar-refractivity contribution is -0.141. The van der Waals surface area contributed by atoms with Crippen LogP contribution in [-0.2, 0) is 28.7 Å². The number of Topliss-reactive ketones (excluding diaryl/α,β-unsaturated/α-hetero) is 2. The molecule has 1 amide bonds. The Balaban J connectivity index is 4.75. The predicted molar refractivity (Wildman–Crippen MR) is 99.4 cm³/mol. The molecule has 0 saturated heterocycles. The van der Waals surface area contributed by atoms with E-state index in [-0.39, 0.29) is 30.3 Å². The molecule has 156 valence electrons. The summed E-state index contributed by atoms with van der Waals surface area (Å²) in [5.41, 5.74) is 0. The molecule has 8 nitrogen and oxygen atoms in total. The first-order valence-corrected chi connectivity index (χ1v) is 9.28. The first-order valence-electron chi connectivity index (χ1n) is 9.28. The zero-order valence-corrected chi connectivity index (χ0v) is 16.8. The molecule has 0 aromatic rings. The number of nitrogens with one attached hydrogen (secondary N) is 1. The zero-order valence-electron chi connectivity index (χ0n) is 16.8. The number of carbonyl (C=O) groups excluding carboxylic acids is 3. The lowest BCUT2D eigenvalue weighted by Crippen LogP contribution is -2.45. The molecule has 0 fully saturated rings. The standard InChI is InChI=1S/C19H33NO7/c1-13(2)10-15(11-14(3)21)19(25)20-16(12-18(23)24)17(22)6-5-7-27-9-8-26-4/h13,15-16H,5-12H2,1-4H3,(H,20,25)(H,23,24)/t15-,16+/m1/s1. The second-order valence-electron chi connectivity index (χ2n) is 7.07. The lowest BCUT2D eigenvalue weighted by Gasteiger charge is -2.22. The third kappa shape index (κ3) is 13.1. The van der Waals surface area contributed by atoms with Crippen molar-refractivity contribution >= 4 is 23.4 Å². The SMILES string of the molecule is COCCOCCCC(=O)[C@H](CC(=O)O)NC(=O)[C@@H](CC(C)=O)CC(C)C. The first-order chi connectivity index (χ1) is 12.7. The van der Waals surface area contributed by atoms with Crippen molar-refractivity contribution in [1.82, 2.24) is 5.32 Å². The van der Waals surface area contributed by atoms with Crippen molar-refractivity contribution < 1.29 is 33.8 Å². The van der Waals surface area contributed by atoms with E-state index in [9.17, 15) is 19.2 Å². The Hall–Kier alpha value is -1.80. The molecule has 8 heteroatoms. The first kappa shape index (κ1) is 25.2. The van der Waals surface area contributed by atoms with Gasteiger partial charge >= 0.3 is 5.97 Å². The monoisotopic (exact) mass is 387 g/mol. The number of methoxy groups -OCH3 is 1. The van der Waals surface area contributed by atoms with Crippen LogP contribution in [0.3, 0.4) is 0 Å². The highest BCUT2D eigenvalue weighted by Gasteiger charge is 2.28. The summed E-state index contributed by atoms with van der Waals surface area (Å²) in [6.07, 6.45) is 0.617. The van der Waals surface area contributed by atoms with Crippen LogP contribution in [0.15, 0.2) is 0 Å². The van der Waals surface area contributed by atoms with E-state index in [0.29, 0.717) is 32.7 Å². The molecule has 0 aliphatic heterocycles. The van der Waals surface area contributed by atoms with Gasteiger partial charge in [0, 0.05) is 32.5 Å². The normalized spacial score (nSPS) is 13.2. The molecule has 0 aromatic carbocycles. The maximum atomic E-state index is 12.5. The van der Waals surface area contributed by atoms with Crippen molar-refractivity contribution in [2.45, 2.75) is 58.9 Å². The summed E-state index contributed by atoms with van der Waals surface area (Å²) >= 11 is 0. The minimum absolute atomic E-state index is 0.0747. The summed E-state index contributed by atoms with van der Waals surface area (Å²) in [5, 5.41) is 11.6. The lowest BCUT2D eigenvalue weighted by atomic mass is 9.91. The Kier molecular flexibility index (Phi) is 13.3. The summed E-state index contributed by atoms with van der Waals surface area (Å²) in [7, 11) is 1.56. The Morgan fingerprint density at radius 2 is 1.70 bits per heavy atom. The fourth-order valence-corrected chi connectivity index (χ4v) is 2.68. The van der Waals surface area contributed by atoms with Crippen molar-refractivity contribution in [3.8, 4) is 0 Å². The van der Waals surface area contributed by atoms with E-state index in [4.69, 9.17) is 14.6 Å². The fraction of sp³-hybridized carbons (Fsp3) is 0.789. The molecule has 0 rings (SSSR count). The second-order valence-corrected chi connectivity index (χ2v) is 7.07. The number of carboxylic acids is 1. The average molecular weight is 387 g/mol. The van der Waals surface area contributed by atoms with E-state index in [1.165, 1.54) is 6.92 Å². The van der Waals surface area contributed by atoms with Gasteiger partial charge in [0.1, 0.15) is 5.78 Å². The van der Waals surface area contributed by atoms with Gasteiger partial charge in [-0.3, -0.25) is 14.4 Å². The molecule has 0 unspecified atom stereocenters. The summed E-state index contributed by atoms with van der Waals surface area (Å²) in [6.45, 7) is 6.50. The second kappa shape index (κ2) is 14.3. The molecule has 27 heavy (non-hydrogen) atoms. The van der Waals surface area contributed by atoms with Gasteiger partial charge in [-0.05, 0) is 25.7 Å². The van der Waals surface area contributed by atoms with E-state index >= 15 is 0 Å². The fourth-order valence-electron chi connectivity index (χ4n) is 2.68. The van der Waals surface area contributed by atoms with Crippen LogP contribution in [0, 0.1) is 11.8 Å². The van der Waals surface area contributed by atoms with Gasteiger partial charge in [0.05, 0.1) is 25.7 Å². The number of carbonyl (C=O) groups is 4. The van der Waals surface area contributed by atoms with Gasteiger partial charge in [-0.2, -0.15) is 0 Å². The van der Waals surface area contributed by atoms with Crippen LogP contribution in [0.4, 0.5) is 0 Å². The number of ether oxygens (including phenoxy) is 2. The van der Waals surface area contributed by atoms with Gasteiger partial charge in [0.2, 0.25) is 5.91 Å². The van der Waals surface area contributed by atoms with Crippen molar-refractivity contribution in [1.29, 1.82) is 0 Å². The zero-order chi connectivity index (χ0) is 20.8. The molecular weight excluding hydrogens is 354 g/mol. The number of ketones is 2. The van der Waals surface area contributed by atoms with Crippen LogP contribution in [0.2, 0.25) is 0 Å². The molecule has 2 atom stereocenters. The summed E-state index contributed by atoms with van der Waals surface area (Å²) in [5.74, 6) is -2.47. The van der Waals surface area contributed by atoms with Crippen LogP contribution in [-0.4, -0.2) is 61.5 Å². The smallest absolute Gasteiger partial charge is 0.305 e. The predicted octanol–water partition coefficient (Wildman–Crippen LogP) is 1.60. The molecule has 0 bridgehead atoms. The molecule has 0 aliphatic rings. The van der Waals surface area contributed by atoms with E-state index in [1.807, 2.05) is 13.8 Å². The number of carboxylic acid groups (broad SMARTS) is 1. The van der Waals surface area contributed by atoms with Crippen molar-refractivity contribution in [2.75, 3.05) is 26.9 Å². The van der Waals surface area contributed by atoms with Crippen LogP contribution < -0.4 is 5.32 Å². The van der Waals surface area contributed by atoms with E-state index in [1.54, 1.807) is 7.11 Å². The van der Waals surface area contributed by atoms with Gasteiger partial charge in [0.15, 0.2) is 5.78 Å². The van der Waals surface area contributed by atoms with Gasteiger partial charge < -0.3 is 24.7 Å². The number of hydrogen-bond donors (Lipinski definition) is 2. The summed E-state index contributed by atoms with van der Waals surface area (Å²) < 4.78 is 10.1. The number of aliphatic carboxylic acids is 1. The van der Waals surface area contributed by atoms with Crippen LogP contribution in [0.5, 0.6) is 0 Å². The van der Waals surface area contributed by atoms with Gasteiger partial charge in [-0.25, -0.2) is 0 Å². The summed E-state index contributed by atoms with van der Waals surface area (Å²) in [4.78, 5) is 47.4. The van der Waals surface area contributed by atoms with E-state index in [2.05, 4.69) is 5.32 Å². The van der Waals surface area contributed by atoms with Crippen molar-refractivity contribution in [2.24, 2.45) is 11.8 Å².